The zero-order valence-electron chi connectivity index (χ0n) is 16.3. The molecule has 0 bridgehead atoms. The average Bonchev–Trinajstić information content (AvgIpc) is 3.48. The van der Waals surface area contributed by atoms with Crippen LogP contribution >= 0.6 is 0 Å². The molecule has 1 atom stereocenters. The molecule has 3 amide bonds. The van der Waals surface area contributed by atoms with Crippen LogP contribution in [0.5, 0.6) is 0 Å². The van der Waals surface area contributed by atoms with Gasteiger partial charge in [0.1, 0.15) is 11.3 Å². The standard InChI is InChI=1S/C18H28N6O4/c1-27-8-6-19-17(26)23-7-2-5-18(11-23)12-24-15(10-28-18)14(21-22-24)9-20-16(25)13-3-4-13/h13H,2-12H2,1H3,(H,19,26)(H,20,25). The third kappa shape index (κ3) is 4.12. The van der Waals surface area contributed by atoms with Gasteiger partial charge < -0.3 is 25.0 Å². The van der Waals surface area contributed by atoms with E-state index in [1.165, 1.54) is 0 Å². The van der Waals surface area contributed by atoms with Crippen LogP contribution in [0.15, 0.2) is 0 Å². The van der Waals surface area contributed by atoms with Crippen molar-refractivity contribution in [2.75, 3.05) is 33.4 Å². The lowest BCUT2D eigenvalue weighted by molar-refractivity contribution is -0.123. The van der Waals surface area contributed by atoms with Crippen molar-refractivity contribution in [1.82, 2.24) is 30.5 Å². The SMILES string of the molecule is COCCNC(=O)N1CCCC2(C1)Cn1nnc(CNC(=O)C3CC3)c1CO2. The maximum absolute atomic E-state index is 12.4. The number of carbonyl (C=O) groups excluding carboxylic acids is 2. The molecule has 1 spiro atoms. The fourth-order valence-corrected chi connectivity index (χ4v) is 3.88. The van der Waals surface area contributed by atoms with E-state index in [0.29, 0.717) is 45.9 Å². The Morgan fingerprint density at radius 2 is 2.18 bits per heavy atom. The lowest BCUT2D eigenvalue weighted by Crippen LogP contribution is -2.57. The highest BCUT2D eigenvalue weighted by atomic mass is 16.5. The Kier molecular flexibility index (Phi) is 5.49. The van der Waals surface area contributed by atoms with Gasteiger partial charge in [0.25, 0.3) is 0 Å². The molecule has 2 aliphatic heterocycles. The number of aromatic nitrogens is 3. The van der Waals surface area contributed by atoms with Gasteiger partial charge in [-0.25, -0.2) is 9.48 Å². The van der Waals surface area contributed by atoms with Crippen LogP contribution in [0.4, 0.5) is 4.79 Å². The van der Waals surface area contributed by atoms with Crippen molar-refractivity contribution in [2.45, 2.75) is 51.0 Å². The summed E-state index contributed by atoms with van der Waals surface area (Å²) in [5.74, 6) is 0.270. The zero-order valence-corrected chi connectivity index (χ0v) is 16.3. The highest BCUT2D eigenvalue weighted by Gasteiger charge is 2.42. The van der Waals surface area contributed by atoms with Gasteiger partial charge in [0, 0.05) is 26.1 Å². The number of nitrogens with zero attached hydrogens (tertiary/aromatic N) is 4. The number of urea groups is 1. The summed E-state index contributed by atoms with van der Waals surface area (Å²) in [5.41, 5.74) is 1.23. The van der Waals surface area contributed by atoms with Crippen LogP contribution in [0.25, 0.3) is 0 Å². The van der Waals surface area contributed by atoms with E-state index < -0.39 is 5.60 Å². The van der Waals surface area contributed by atoms with Crippen molar-refractivity contribution in [1.29, 1.82) is 0 Å². The lowest BCUT2D eigenvalue weighted by Gasteiger charge is -2.44. The highest BCUT2D eigenvalue weighted by molar-refractivity contribution is 5.80. The Hall–Kier alpha value is -2.20. The van der Waals surface area contributed by atoms with Gasteiger partial charge in [-0.15, -0.1) is 5.10 Å². The largest absolute Gasteiger partial charge is 0.383 e. The summed E-state index contributed by atoms with van der Waals surface area (Å²) in [5, 5.41) is 14.3. The van der Waals surface area contributed by atoms with Gasteiger partial charge in [0.15, 0.2) is 0 Å². The first-order chi connectivity index (χ1) is 13.6. The summed E-state index contributed by atoms with van der Waals surface area (Å²) in [6.07, 6.45) is 3.72. The number of likely N-dealkylation sites (tertiary alicyclic amines) is 1. The minimum absolute atomic E-state index is 0.0902. The molecule has 1 saturated carbocycles. The van der Waals surface area contributed by atoms with Crippen LogP contribution in [0.2, 0.25) is 0 Å². The molecule has 3 heterocycles. The van der Waals surface area contributed by atoms with E-state index in [-0.39, 0.29) is 17.9 Å². The van der Waals surface area contributed by atoms with Gasteiger partial charge in [0.2, 0.25) is 5.91 Å². The van der Waals surface area contributed by atoms with E-state index in [1.807, 2.05) is 4.68 Å². The van der Waals surface area contributed by atoms with Crippen molar-refractivity contribution >= 4 is 11.9 Å². The number of nitrogens with one attached hydrogen (secondary N) is 2. The van der Waals surface area contributed by atoms with Gasteiger partial charge in [-0.2, -0.15) is 0 Å². The molecule has 154 valence electrons. The summed E-state index contributed by atoms with van der Waals surface area (Å²) in [4.78, 5) is 26.0. The van der Waals surface area contributed by atoms with Crippen LogP contribution in [-0.2, 0) is 34.0 Å². The molecule has 1 aromatic rings. The third-order valence-corrected chi connectivity index (χ3v) is 5.66. The molecular weight excluding hydrogens is 364 g/mol. The van der Waals surface area contributed by atoms with Crippen LogP contribution in [0.1, 0.15) is 37.1 Å². The summed E-state index contributed by atoms with van der Waals surface area (Å²) in [6.45, 7) is 3.56. The Bertz CT molecular complexity index is 734. The van der Waals surface area contributed by atoms with Crippen molar-refractivity contribution in [3.63, 3.8) is 0 Å². The Labute approximate surface area is 163 Å². The molecule has 28 heavy (non-hydrogen) atoms. The van der Waals surface area contributed by atoms with E-state index in [2.05, 4.69) is 20.9 Å². The smallest absolute Gasteiger partial charge is 0.317 e. The molecule has 2 fully saturated rings. The Balaban J connectivity index is 1.36. The molecule has 1 saturated heterocycles. The van der Waals surface area contributed by atoms with Crippen LogP contribution in [-0.4, -0.2) is 70.8 Å². The van der Waals surface area contributed by atoms with Gasteiger partial charge in [-0.05, 0) is 25.7 Å². The second-order valence-corrected chi connectivity index (χ2v) is 7.85. The lowest BCUT2D eigenvalue weighted by atomic mass is 9.91. The summed E-state index contributed by atoms with van der Waals surface area (Å²) >= 11 is 0. The number of fused-ring (bicyclic) bond motifs is 1. The topological polar surface area (TPSA) is 111 Å². The molecule has 1 aromatic heterocycles. The molecule has 10 heteroatoms. The molecule has 10 nitrogen and oxygen atoms in total. The molecule has 1 aliphatic carbocycles. The monoisotopic (exact) mass is 392 g/mol. The number of hydrogen-bond acceptors (Lipinski definition) is 6. The van der Waals surface area contributed by atoms with Crippen molar-refractivity contribution in [3.8, 4) is 0 Å². The first-order valence-electron chi connectivity index (χ1n) is 9.95. The zero-order chi connectivity index (χ0) is 19.6. The summed E-state index contributed by atoms with van der Waals surface area (Å²) in [6, 6.07) is -0.0902. The molecule has 1 unspecified atom stereocenters. The van der Waals surface area contributed by atoms with Gasteiger partial charge >= 0.3 is 6.03 Å². The summed E-state index contributed by atoms with van der Waals surface area (Å²) < 4.78 is 13.1. The highest BCUT2D eigenvalue weighted by Crippen LogP contribution is 2.32. The summed E-state index contributed by atoms with van der Waals surface area (Å²) in [7, 11) is 1.61. The number of piperidine rings is 1. The van der Waals surface area contributed by atoms with E-state index >= 15 is 0 Å². The molecule has 0 radical (unpaired) electrons. The fraction of sp³-hybridized carbons (Fsp3) is 0.778. The minimum atomic E-state index is -0.438. The van der Waals surface area contributed by atoms with Gasteiger partial charge in [0.05, 0.1) is 38.5 Å². The second kappa shape index (κ2) is 8.04. The first kappa shape index (κ1) is 19.1. The maximum Gasteiger partial charge on any atom is 0.317 e. The fourth-order valence-electron chi connectivity index (χ4n) is 3.88. The van der Waals surface area contributed by atoms with Crippen LogP contribution in [0, 0.1) is 5.92 Å². The van der Waals surface area contributed by atoms with E-state index in [1.54, 1.807) is 12.0 Å². The van der Waals surface area contributed by atoms with Gasteiger partial charge in [-0.3, -0.25) is 4.79 Å². The number of ether oxygens (including phenoxy) is 2. The molecular formula is C18H28N6O4. The number of hydrogen-bond donors (Lipinski definition) is 2. The van der Waals surface area contributed by atoms with Crippen molar-refractivity contribution in [3.05, 3.63) is 11.4 Å². The van der Waals surface area contributed by atoms with E-state index in [0.717, 1.165) is 37.1 Å². The van der Waals surface area contributed by atoms with Crippen molar-refractivity contribution < 1.29 is 19.1 Å². The van der Waals surface area contributed by atoms with Gasteiger partial charge in [-0.1, -0.05) is 5.21 Å². The normalized spacial score (nSPS) is 24.1. The van der Waals surface area contributed by atoms with E-state index in [9.17, 15) is 9.59 Å². The predicted molar refractivity (Wildman–Crippen MR) is 98.2 cm³/mol. The number of rotatable bonds is 6. The third-order valence-electron chi connectivity index (χ3n) is 5.66. The quantitative estimate of drug-likeness (QED) is 0.661. The minimum Gasteiger partial charge on any atom is -0.383 e. The first-order valence-corrected chi connectivity index (χ1v) is 9.95. The Morgan fingerprint density at radius 1 is 1.32 bits per heavy atom. The van der Waals surface area contributed by atoms with Crippen molar-refractivity contribution in [2.24, 2.45) is 5.92 Å². The molecule has 3 aliphatic rings. The molecule has 2 N–H and O–H groups in total. The number of carbonyl (C=O) groups is 2. The Morgan fingerprint density at radius 3 is 2.96 bits per heavy atom. The molecule has 4 rings (SSSR count). The maximum atomic E-state index is 12.4. The second-order valence-electron chi connectivity index (χ2n) is 7.85. The van der Waals surface area contributed by atoms with E-state index in [4.69, 9.17) is 9.47 Å². The van der Waals surface area contributed by atoms with Crippen LogP contribution in [0.3, 0.4) is 0 Å². The number of methoxy groups -OCH3 is 1. The average molecular weight is 392 g/mol. The predicted octanol–water partition coefficient (Wildman–Crippen LogP) is 0.0251. The number of amides is 3. The molecule has 0 aromatic carbocycles. The van der Waals surface area contributed by atoms with Crippen LogP contribution < -0.4 is 10.6 Å².